The first-order valence-corrected chi connectivity index (χ1v) is 7.18. The number of carbonyl (C=O) groups excluding carboxylic acids is 1. The Hall–Kier alpha value is -1.40. The maximum absolute atomic E-state index is 12.1. The first-order valence-electron chi connectivity index (χ1n) is 6.24. The van der Waals surface area contributed by atoms with Crippen LogP contribution < -0.4 is 5.32 Å². The molecule has 1 aromatic heterocycles. The topological polar surface area (TPSA) is 75.6 Å². The lowest BCUT2D eigenvalue weighted by Gasteiger charge is -2.28. The molecular weight excluding hydrogens is 266 g/mol. The summed E-state index contributed by atoms with van der Waals surface area (Å²) in [5.41, 5.74) is 1.43. The summed E-state index contributed by atoms with van der Waals surface area (Å²) < 4.78 is 5.22. The van der Waals surface area contributed by atoms with Gasteiger partial charge in [-0.3, -0.25) is 4.79 Å². The Labute approximate surface area is 115 Å². The van der Waals surface area contributed by atoms with Gasteiger partial charge in [0.2, 0.25) is 0 Å². The molecule has 0 spiro atoms. The molecule has 2 N–H and O–H groups in total. The predicted molar refractivity (Wildman–Crippen MR) is 71.5 cm³/mol. The fourth-order valence-electron chi connectivity index (χ4n) is 2.24. The summed E-state index contributed by atoms with van der Waals surface area (Å²) >= 11 is 1.44. The minimum absolute atomic E-state index is 0.0610. The van der Waals surface area contributed by atoms with Gasteiger partial charge in [0.15, 0.2) is 0 Å². The number of hydrogen-bond acceptors (Lipinski definition) is 4. The Morgan fingerprint density at radius 1 is 1.42 bits per heavy atom. The van der Waals surface area contributed by atoms with E-state index in [0.717, 1.165) is 5.56 Å². The van der Waals surface area contributed by atoms with Gasteiger partial charge >= 0.3 is 5.97 Å². The van der Waals surface area contributed by atoms with Gasteiger partial charge in [-0.05, 0) is 36.6 Å². The number of aryl methyl sites for hydroxylation is 1. The first-order chi connectivity index (χ1) is 9.09. The Morgan fingerprint density at radius 2 is 2.11 bits per heavy atom. The van der Waals surface area contributed by atoms with Gasteiger partial charge in [0.25, 0.3) is 5.91 Å². The molecule has 6 heteroatoms. The summed E-state index contributed by atoms with van der Waals surface area (Å²) in [6.45, 7) is 2.96. The molecule has 0 saturated carbocycles. The molecule has 0 bridgehead atoms. The molecule has 5 nitrogen and oxygen atoms in total. The molecule has 1 aromatic rings. The molecule has 1 unspecified atom stereocenters. The van der Waals surface area contributed by atoms with E-state index in [1.165, 1.54) is 11.3 Å². The number of carboxylic acids is 1. The van der Waals surface area contributed by atoms with Crippen LogP contribution in [0, 0.1) is 12.8 Å². The van der Waals surface area contributed by atoms with Crippen LogP contribution in [-0.4, -0.2) is 36.2 Å². The average molecular weight is 283 g/mol. The number of rotatable bonds is 4. The molecule has 2 heterocycles. The van der Waals surface area contributed by atoms with Crippen molar-refractivity contribution in [3.05, 3.63) is 21.9 Å². The maximum Gasteiger partial charge on any atom is 0.326 e. The fraction of sp³-hybridized carbons (Fsp3) is 0.538. The van der Waals surface area contributed by atoms with Crippen molar-refractivity contribution in [3.8, 4) is 0 Å². The van der Waals surface area contributed by atoms with Crippen molar-refractivity contribution in [2.75, 3.05) is 13.2 Å². The number of thiophene rings is 1. The van der Waals surface area contributed by atoms with E-state index in [9.17, 15) is 14.7 Å². The third-order valence-corrected chi connectivity index (χ3v) is 4.25. The first kappa shape index (κ1) is 14.0. The zero-order chi connectivity index (χ0) is 13.8. The average Bonchev–Trinajstić information content (AvgIpc) is 2.82. The van der Waals surface area contributed by atoms with E-state index in [1.807, 2.05) is 12.3 Å². The summed E-state index contributed by atoms with van der Waals surface area (Å²) in [5, 5.41) is 15.5. The standard InChI is InChI=1S/C13H17NO4S/c1-8-6-19-7-10(8)12(15)14-11(13(16)17)9-2-4-18-5-3-9/h6-7,9,11H,2-5H2,1H3,(H,14,15)(H,16,17). The van der Waals surface area contributed by atoms with Gasteiger partial charge in [-0.15, -0.1) is 0 Å². The van der Waals surface area contributed by atoms with Crippen LogP contribution in [-0.2, 0) is 9.53 Å². The highest BCUT2D eigenvalue weighted by Crippen LogP contribution is 2.20. The SMILES string of the molecule is Cc1cscc1C(=O)NC(C(=O)O)C1CCOCC1. The predicted octanol–water partition coefficient (Wildman–Crippen LogP) is 1.67. The van der Waals surface area contributed by atoms with E-state index in [2.05, 4.69) is 5.32 Å². The Kier molecular flexibility index (Phi) is 4.55. The zero-order valence-corrected chi connectivity index (χ0v) is 11.5. The second-order valence-corrected chi connectivity index (χ2v) is 5.45. The van der Waals surface area contributed by atoms with Gasteiger partial charge < -0.3 is 15.2 Å². The number of carbonyl (C=O) groups is 2. The number of hydrogen-bond donors (Lipinski definition) is 2. The molecule has 2 rings (SSSR count). The van der Waals surface area contributed by atoms with Crippen molar-refractivity contribution < 1.29 is 19.4 Å². The third-order valence-electron chi connectivity index (χ3n) is 3.39. The van der Waals surface area contributed by atoms with E-state index >= 15 is 0 Å². The van der Waals surface area contributed by atoms with Crippen LogP contribution >= 0.6 is 11.3 Å². The van der Waals surface area contributed by atoms with E-state index in [1.54, 1.807) is 5.38 Å². The highest BCUT2D eigenvalue weighted by atomic mass is 32.1. The van der Waals surface area contributed by atoms with Crippen molar-refractivity contribution in [1.82, 2.24) is 5.32 Å². The van der Waals surface area contributed by atoms with Gasteiger partial charge in [-0.1, -0.05) is 0 Å². The molecule has 0 aromatic carbocycles. The summed E-state index contributed by atoms with van der Waals surface area (Å²) in [5.74, 6) is -1.35. The molecule has 1 saturated heterocycles. The lowest BCUT2D eigenvalue weighted by molar-refractivity contribution is -0.141. The lowest BCUT2D eigenvalue weighted by Crippen LogP contribution is -2.47. The highest BCUT2D eigenvalue weighted by molar-refractivity contribution is 7.08. The molecule has 0 aliphatic carbocycles. The molecule has 1 aliphatic rings. The van der Waals surface area contributed by atoms with Gasteiger partial charge in [-0.2, -0.15) is 11.3 Å². The van der Waals surface area contributed by atoms with Crippen LogP contribution in [0.25, 0.3) is 0 Å². The van der Waals surface area contributed by atoms with Gasteiger partial charge in [0.1, 0.15) is 6.04 Å². The van der Waals surface area contributed by atoms with Crippen molar-refractivity contribution in [1.29, 1.82) is 0 Å². The van der Waals surface area contributed by atoms with E-state index in [4.69, 9.17) is 4.74 Å². The van der Waals surface area contributed by atoms with Crippen LogP contribution in [0.5, 0.6) is 0 Å². The van der Waals surface area contributed by atoms with Crippen LogP contribution in [0.4, 0.5) is 0 Å². The molecule has 104 valence electrons. The Bertz CT molecular complexity index is 465. The van der Waals surface area contributed by atoms with Gasteiger partial charge in [0, 0.05) is 18.6 Å². The van der Waals surface area contributed by atoms with Crippen LogP contribution in [0.15, 0.2) is 10.8 Å². The number of ether oxygens (including phenoxy) is 1. The van der Waals surface area contributed by atoms with Crippen molar-refractivity contribution in [2.24, 2.45) is 5.92 Å². The molecule has 1 aliphatic heterocycles. The summed E-state index contributed by atoms with van der Waals surface area (Å²) in [7, 11) is 0. The molecule has 0 radical (unpaired) electrons. The number of carboxylic acid groups (broad SMARTS) is 1. The lowest BCUT2D eigenvalue weighted by atomic mass is 9.91. The van der Waals surface area contributed by atoms with E-state index < -0.39 is 12.0 Å². The summed E-state index contributed by atoms with van der Waals surface area (Å²) in [4.78, 5) is 23.4. The van der Waals surface area contributed by atoms with Gasteiger partial charge in [0.05, 0.1) is 5.56 Å². The monoisotopic (exact) mass is 283 g/mol. The molecule has 19 heavy (non-hydrogen) atoms. The largest absolute Gasteiger partial charge is 0.480 e. The summed E-state index contributed by atoms with van der Waals surface area (Å²) in [6.07, 6.45) is 1.33. The second kappa shape index (κ2) is 6.16. The molecular formula is C13H17NO4S. The third kappa shape index (κ3) is 3.33. The smallest absolute Gasteiger partial charge is 0.326 e. The van der Waals surface area contributed by atoms with Crippen LogP contribution in [0.2, 0.25) is 0 Å². The van der Waals surface area contributed by atoms with E-state index in [-0.39, 0.29) is 11.8 Å². The van der Waals surface area contributed by atoms with Crippen LogP contribution in [0.1, 0.15) is 28.8 Å². The zero-order valence-electron chi connectivity index (χ0n) is 10.7. The molecule has 1 fully saturated rings. The Morgan fingerprint density at radius 3 is 2.63 bits per heavy atom. The highest BCUT2D eigenvalue weighted by Gasteiger charge is 2.31. The Balaban J connectivity index is 2.06. The normalized spacial score (nSPS) is 17.9. The summed E-state index contributed by atoms with van der Waals surface area (Å²) in [6, 6.07) is -0.837. The number of amides is 1. The minimum atomic E-state index is -0.979. The second-order valence-electron chi connectivity index (χ2n) is 4.71. The van der Waals surface area contributed by atoms with Crippen molar-refractivity contribution in [2.45, 2.75) is 25.8 Å². The number of nitrogens with one attached hydrogen (secondary N) is 1. The quantitative estimate of drug-likeness (QED) is 0.881. The van der Waals surface area contributed by atoms with Crippen molar-refractivity contribution >= 4 is 23.2 Å². The van der Waals surface area contributed by atoms with Gasteiger partial charge in [-0.25, -0.2) is 4.79 Å². The van der Waals surface area contributed by atoms with E-state index in [0.29, 0.717) is 31.6 Å². The number of aliphatic carboxylic acids is 1. The maximum atomic E-state index is 12.1. The van der Waals surface area contributed by atoms with Crippen molar-refractivity contribution in [3.63, 3.8) is 0 Å². The molecule has 1 amide bonds. The minimum Gasteiger partial charge on any atom is -0.480 e. The molecule has 1 atom stereocenters. The van der Waals surface area contributed by atoms with Crippen LogP contribution in [0.3, 0.4) is 0 Å². The fourth-order valence-corrected chi connectivity index (χ4v) is 3.07.